The Balaban J connectivity index is 2.22. The molecule has 0 saturated carbocycles. The number of aliphatic carboxylic acids is 1. The molecule has 0 radical (unpaired) electrons. The van der Waals surface area contributed by atoms with Gasteiger partial charge in [-0.2, -0.15) is 5.26 Å². The molecular formula is C17H12N4O4. The lowest BCUT2D eigenvalue weighted by Crippen LogP contribution is -2.30. The molecule has 0 spiro atoms. The highest BCUT2D eigenvalue weighted by atomic mass is 16.4. The van der Waals surface area contributed by atoms with Crippen LogP contribution in [0.3, 0.4) is 0 Å². The first-order chi connectivity index (χ1) is 12.0. The van der Waals surface area contributed by atoms with Gasteiger partial charge >= 0.3 is 5.97 Å². The number of nitriles is 1. The number of carboxylic acids is 1. The van der Waals surface area contributed by atoms with E-state index < -0.39 is 24.2 Å². The molecule has 2 heterocycles. The minimum atomic E-state index is -1.22. The number of H-pyrrole nitrogens is 1. The van der Waals surface area contributed by atoms with Gasteiger partial charge in [0.1, 0.15) is 18.3 Å². The number of rotatable bonds is 4. The van der Waals surface area contributed by atoms with Gasteiger partial charge in [-0.15, -0.1) is 0 Å². The zero-order chi connectivity index (χ0) is 18.0. The van der Waals surface area contributed by atoms with E-state index in [2.05, 4.69) is 15.3 Å². The Labute approximate surface area is 141 Å². The predicted molar refractivity (Wildman–Crippen MR) is 87.9 cm³/mol. The summed E-state index contributed by atoms with van der Waals surface area (Å²) >= 11 is 0. The van der Waals surface area contributed by atoms with E-state index in [0.29, 0.717) is 16.8 Å². The minimum absolute atomic E-state index is 0.201. The maximum atomic E-state index is 12.2. The van der Waals surface area contributed by atoms with E-state index in [4.69, 9.17) is 10.4 Å². The van der Waals surface area contributed by atoms with Gasteiger partial charge in [-0.25, -0.2) is 4.98 Å². The zero-order valence-corrected chi connectivity index (χ0v) is 12.8. The number of hydrogen-bond acceptors (Lipinski definition) is 5. The Kier molecular flexibility index (Phi) is 4.05. The van der Waals surface area contributed by atoms with Crippen molar-refractivity contribution in [2.45, 2.75) is 0 Å². The number of nitrogens with one attached hydrogen (secondary N) is 2. The van der Waals surface area contributed by atoms with Gasteiger partial charge in [0.05, 0.1) is 11.2 Å². The van der Waals surface area contributed by atoms with Gasteiger partial charge in [0.2, 0.25) is 0 Å². The van der Waals surface area contributed by atoms with E-state index in [9.17, 15) is 14.7 Å². The lowest BCUT2D eigenvalue weighted by atomic mass is 10.1. The molecule has 1 aromatic carbocycles. The van der Waals surface area contributed by atoms with Crippen LogP contribution in [0.2, 0.25) is 0 Å². The Morgan fingerprint density at radius 1 is 1.28 bits per heavy atom. The van der Waals surface area contributed by atoms with Crippen LogP contribution in [0.5, 0.6) is 5.75 Å². The highest BCUT2D eigenvalue weighted by Crippen LogP contribution is 2.34. The highest BCUT2D eigenvalue weighted by molar-refractivity contribution is 6.06. The summed E-state index contributed by atoms with van der Waals surface area (Å²) in [4.78, 5) is 29.9. The Morgan fingerprint density at radius 2 is 2.00 bits per heavy atom. The van der Waals surface area contributed by atoms with Gasteiger partial charge in [0.25, 0.3) is 5.91 Å². The largest absolute Gasteiger partial charge is 0.505 e. The third-order valence-corrected chi connectivity index (χ3v) is 3.54. The summed E-state index contributed by atoms with van der Waals surface area (Å²) in [6, 6.07) is 12.3. The molecule has 1 amide bonds. The number of carbonyl (C=O) groups is 2. The summed E-state index contributed by atoms with van der Waals surface area (Å²) in [5, 5.41) is 30.6. The Bertz CT molecular complexity index is 1020. The summed E-state index contributed by atoms with van der Waals surface area (Å²) < 4.78 is 0. The Hall–Kier alpha value is -3.86. The summed E-state index contributed by atoms with van der Waals surface area (Å²) in [6.07, 6.45) is 0. The van der Waals surface area contributed by atoms with Gasteiger partial charge in [-0.1, -0.05) is 30.3 Å². The van der Waals surface area contributed by atoms with Gasteiger partial charge in [-0.05, 0) is 6.07 Å². The minimum Gasteiger partial charge on any atom is -0.505 e. The lowest BCUT2D eigenvalue weighted by molar-refractivity contribution is -0.135. The first-order valence-electron chi connectivity index (χ1n) is 7.22. The molecule has 0 unspecified atom stereocenters. The summed E-state index contributed by atoms with van der Waals surface area (Å²) in [5.74, 6) is -2.46. The van der Waals surface area contributed by atoms with Crippen molar-refractivity contribution < 1.29 is 19.8 Å². The maximum Gasteiger partial charge on any atom is 0.322 e. The predicted octanol–water partition coefficient (Wildman–Crippen LogP) is 1.62. The van der Waals surface area contributed by atoms with E-state index in [1.54, 1.807) is 24.3 Å². The Morgan fingerprint density at radius 3 is 2.64 bits per heavy atom. The normalized spacial score (nSPS) is 10.4. The van der Waals surface area contributed by atoms with Crippen LogP contribution in [0, 0.1) is 11.3 Å². The SMILES string of the molecule is N#Cc1cc2c(O)c(C(=O)NCC(=O)O)nc(-c3ccccc3)c2[nH]1. The van der Waals surface area contributed by atoms with E-state index in [0.717, 1.165) is 0 Å². The zero-order valence-electron chi connectivity index (χ0n) is 12.8. The summed E-state index contributed by atoms with van der Waals surface area (Å²) in [7, 11) is 0. The standard InChI is InChI=1S/C17H12N4O4/c18-7-10-6-11-14(20-10)13(9-4-2-1-3-5-9)21-15(16(11)24)17(25)19-8-12(22)23/h1-6,20,24H,8H2,(H,19,25)(H,22,23). The second-order valence-corrected chi connectivity index (χ2v) is 5.18. The van der Waals surface area contributed by atoms with Crippen molar-refractivity contribution in [2.75, 3.05) is 6.54 Å². The van der Waals surface area contributed by atoms with Crippen molar-refractivity contribution in [3.05, 3.63) is 47.8 Å². The van der Waals surface area contributed by atoms with E-state index in [1.165, 1.54) is 6.07 Å². The topological polar surface area (TPSA) is 139 Å². The second-order valence-electron chi connectivity index (χ2n) is 5.18. The fourth-order valence-electron chi connectivity index (χ4n) is 2.44. The third kappa shape index (κ3) is 2.98. The van der Waals surface area contributed by atoms with Crippen molar-refractivity contribution in [1.29, 1.82) is 5.26 Å². The molecule has 2 aromatic heterocycles. The second kappa shape index (κ2) is 6.33. The number of amides is 1. The number of aromatic hydroxyl groups is 1. The molecule has 8 heteroatoms. The third-order valence-electron chi connectivity index (χ3n) is 3.54. The highest BCUT2D eigenvalue weighted by Gasteiger charge is 2.22. The van der Waals surface area contributed by atoms with Crippen LogP contribution in [0.25, 0.3) is 22.2 Å². The lowest BCUT2D eigenvalue weighted by Gasteiger charge is -2.09. The van der Waals surface area contributed by atoms with E-state index in [1.807, 2.05) is 12.1 Å². The first kappa shape index (κ1) is 16.0. The van der Waals surface area contributed by atoms with Crippen LogP contribution in [0.4, 0.5) is 0 Å². The molecular weight excluding hydrogens is 324 g/mol. The molecule has 3 rings (SSSR count). The molecule has 0 fully saturated rings. The fourth-order valence-corrected chi connectivity index (χ4v) is 2.44. The molecule has 25 heavy (non-hydrogen) atoms. The van der Waals surface area contributed by atoms with Crippen LogP contribution in [0.15, 0.2) is 36.4 Å². The molecule has 0 aliphatic carbocycles. The molecule has 8 nitrogen and oxygen atoms in total. The van der Waals surface area contributed by atoms with E-state index in [-0.39, 0.29) is 16.8 Å². The van der Waals surface area contributed by atoms with Gasteiger partial charge in [-0.3, -0.25) is 9.59 Å². The van der Waals surface area contributed by atoms with Crippen LogP contribution >= 0.6 is 0 Å². The van der Waals surface area contributed by atoms with Crippen molar-refractivity contribution >= 4 is 22.8 Å². The van der Waals surface area contributed by atoms with Crippen LogP contribution in [-0.4, -0.2) is 38.6 Å². The molecule has 0 aliphatic rings. The van der Waals surface area contributed by atoms with Crippen molar-refractivity contribution in [3.8, 4) is 23.1 Å². The number of carboxylic acid groups (broad SMARTS) is 1. The summed E-state index contributed by atoms with van der Waals surface area (Å²) in [6.45, 7) is -0.602. The van der Waals surface area contributed by atoms with Crippen LogP contribution in [0.1, 0.15) is 16.2 Å². The van der Waals surface area contributed by atoms with Gasteiger partial charge in [0.15, 0.2) is 11.4 Å². The molecule has 0 aliphatic heterocycles. The quantitative estimate of drug-likeness (QED) is 0.571. The maximum absolute atomic E-state index is 12.2. The number of benzene rings is 1. The van der Waals surface area contributed by atoms with Crippen molar-refractivity contribution in [2.24, 2.45) is 0 Å². The molecule has 0 bridgehead atoms. The number of aromatic nitrogens is 2. The molecule has 124 valence electrons. The number of nitrogens with zero attached hydrogens (tertiary/aromatic N) is 2. The number of pyridine rings is 1. The molecule has 0 atom stereocenters. The molecule has 4 N–H and O–H groups in total. The summed E-state index contributed by atoms with van der Waals surface area (Å²) in [5.41, 5.74) is 1.35. The number of carbonyl (C=O) groups excluding carboxylic acids is 1. The van der Waals surface area contributed by atoms with Gasteiger partial charge < -0.3 is 20.5 Å². The van der Waals surface area contributed by atoms with Gasteiger partial charge in [0, 0.05) is 10.9 Å². The molecule has 3 aromatic rings. The average Bonchev–Trinajstić information content (AvgIpc) is 3.06. The monoisotopic (exact) mass is 336 g/mol. The van der Waals surface area contributed by atoms with Crippen LogP contribution < -0.4 is 5.32 Å². The van der Waals surface area contributed by atoms with Crippen molar-refractivity contribution in [1.82, 2.24) is 15.3 Å². The van der Waals surface area contributed by atoms with Crippen LogP contribution in [-0.2, 0) is 4.79 Å². The smallest absolute Gasteiger partial charge is 0.322 e. The number of hydrogen-bond donors (Lipinski definition) is 4. The van der Waals surface area contributed by atoms with Crippen molar-refractivity contribution in [3.63, 3.8) is 0 Å². The molecule has 0 saturated heterocycles. The number of aromatic amines is 1. The fraction of sp³-hybridized carbons (Fsp3) is 0.0588. The first-order valence-corrected chi connectivity index (χ1v) is 7.22. The van der Waals surface area contributed by atoms with E-state index >= 15 is 0 Å². The number of fused-ring (bicyclic) bond motifs is 1. The average molecular weight is 336 g/mol.